The van der Waals surface area contributed by atoms with Crippen LogP contribution < -0.4 is 19.6 Å². The summed E-state index contributed by atoms with van der Waals surface area (Å²) < 4.78 is 15.6. The third-order valence-corrected chi connectivity index (χ3v) is 5.00. The van der Waals surface area contributed by atoms with E-state index in [1.54, 1.807) is 32.6 Å². The largest absolute Gasteiger partial charge is 0.504 e. The Bertz CT molecular complexity index is 1290. The molecule has 9 heteroatoms. The first-order valence-corrected chi connectivity index (χ1v) is 10.3. The molecule has 4 rings (SSSR count). The van der Waals surface area contributed by atoms with E-state index in [2.05, 4.69) is 25.7 Å². The molecule has 0 aliphatic rings. The molecule has 0 unspecified atom stereocenters. The molecule has 2 N–H and O–H groups in total. The van der Waals surface area contributed by atoms with E-state index < -0.39 is 0 Å². The number of phenols is 1. The van der Waals surface area contributed by atoms with Gasteiger partial charge < -0.3 is 19.3 Å². The highest BCUT2D eigenvalue weighted by Gasteiger charge is 2.14. The minimum atomic E-state index is 0.0541. The van der Waals surface area contributed by atoms with Crippen molar-refractivity contribution in [2.24, 2.45) is 5.10 Å². The maximum atomic E-state index is 9.73. The maximum absolute atomic E-state index is 9.73. The third-order valence-electron chi connectivity index (χ3n) is 5.00. The quantitative estimate of drug-likeness (QED) is 0.296. The number of methoxy groups -OCH3 is 3. The molecule has 0 amide bonds. The highest BCUT2D eigenvalue weighted by molar-refractivity contribution is 5.82. The number of rotatable bonds is 8. The molecule has 34 heavy (non-hydrogen) atoms. The number of ether oxygens (including phenoxy) is 3. The average Bonchev–Trinajstić information content (AvgIpc) is 2.89. The predicted molar refractivity (Wildman–Crippen MR) is 130 cm³/mol. The van der Waals surface area contributed by atoms with Crippen LogP contribution >= 0.6 is 0 Å². The number of nitrogens with zero attached hydrogens (tertiary/aromatic N) is 4. The summed E-state index contributed by atoms with van der Waals surface area (Å²) in [6.45, 7) is 0. The van der Waals surface area contributed by atoms with Crippen molar-refractivity contribution in [3.8, 4) is 45.5 Å². The topological polar surface area (TPSA) is 111 Å². The Morgan fingerprint density at radius 2 is 1.38 bits per heavy atom. The molecule has 1 aromatic heterocycles. The van der Waals surface area contributed by atoms with E-state index in [9.17, 15) is 5.11 Å². The monoisotopic (exact) mass is 457 g/mol. The zero-order valence-electron chi connectivity index (χ0n) is 18.9. The van der Waals surface area contributed by atoms with E-state index in [0.717, 1.165) is 28.2 Å². The molecule has 0 radical (unpaired) electrons. The van der Waals surface area contributed by atoms with Crippen LogP contribution in [0.1, 0.15) is 5.56 Å². The van der Waals surface area contributed by atoms with E-state index >= 15 is 0 Å². The summed E-state index contributed by atoms with van der Waals surface area (Å²) in [5.41, 5.74) is 6.47. The zero-order chi connectivity index (χ0) is 23.9. The number of nitrogens with one attached hydrogen (secondary N) is 1. The SMILES string of the molecule is COc1ccc(-c2nnc(N/N=C/c3ccc(O)c(OC)c3)nc2-c2ccc(OC)cc2)cc1. The van der Waals surface area contributed by atoms with Gasteiger partial charge in [-0.2, -0.15) is 5.10 Å². The summed E-state index contributed by atoms with van der Waals surface area (Å²) in [5, 5.41) is 22.5. The number of hydrogen-bond donors (Lipinski definition) is 2. The minimum absolute atomic E-state index is 0.0541. The average molecular weight is 457 g/mol. The van der Waals surface area contributed by atoms with Crippen LogP contribution in [0.25, 0.3) is 22.5 Å². The van der Waals surface area contributed by atoms with Crippen LogP contribution in [0.5, 0.6) is 23.0 Å². The lowest BCUT2D eigenvalue weighted by Crippen LogP contribution is -2.03. The fourth-order valence-corrected chi connectivity index (χ4v) is 3.21. The molecule has 0 bridgehead atoms. The molecule has 0 saturated carbocycles. The molecule has 0 atom stereocenters. The van der Waals surface area contributed by atoms with Crippen molar-refractivity contribution >= 4 is 12.2 Å². The molecule has 0 fully saturated rings. The second kappa shape index (κ2) is 10.3. The first-order valence-electron chi connectivity index (χ1n) is 10.3. The summed E-state index contributed by atoms with van der Waals surface area (Å²) in [6.07, 6.45) is 1.57. The van der Waals surface area contributed by atoms with E-state index in [0.29, 0.717) is 17.1 Å². The molecule has 1 heterocycles. The Hall–Kier alpha value is -4.66. The zero-order valence-corrected chi connectivity index (χ0v) is 18.9. The van der Waals surface area contributed by atoms with Gasteiger partial charge in [-0.1, -0.05) is 0 Å². The lowest BCUT2D eigenvalue weighted by Gasteiger charge is -2.10. The number of phenolic OH excluding ortho intramolecular Hbond substituents is 1. The normalized spacial score (nSPS) is 10.8. The molecule has 0 saturated heterocycles. The fourth-order valence-electron chi connectivity index (χ4n) is 3.21. The molecular weight excluding hydrogens is 434 g/mol. The number of aromatic nitrogens is 3. The number of benzene rings is 3. The van der Waals surface area contributed by atoms with Crippen LogP contribution in [0.15, 0.2) is 71.8 Å². The van der Waals surface area contributed by atoms with Crippen molar-refractivity contribution in [1.29, 1.82) is 0 Å². The molecule has 9 nitrogen and oxygen atoms in total. The van der Waals surface area contributed by atoms with Crippen LogP contribution in [0.4, 0.5) is 5.95 Å². The van der Waals surface area contributed by atoms with Gasteiger partial charge in [0.05, 0.1) is 27.5 Å². The van der Waals surface area contributed by atoms with E-state index in [1.165, 1.54) is 13.2 Å². The van der Waals surface area contributed by atoms with Crippen molar-refractivity contribution in [1.82, 2.24) is 15.2 Å². The van der Waals surface area contributed by atoms with Gasteiger partial charge in [0.1, 0.15) is 22.9 Å². The van der Waals surface area contributed by atoms with Crippen molar-refractivity contribution in [3.05, 3.63) is 72.3 Å². The van der Waals surface area contributed by atoms with Gasteiger partial charge in [-0.05, 0) is 72.3 Å². The lowest BCUT2D eigenvalue weighted by molar-refractivity contribution is 0.373. The Morgan fingerprint density at radius 3 is 1.97 bits per heavy atom. The summed E-state index contributed by atoms with van der Waals surface area (Å²) >= 11 is 0. The standard InChI is InChI=1S/C25H23N5O4/c1-32-19-9-5-17(6-10-19)23-24(18-7-11-20(33-2)12-8-18)28-30-25(27-23)29-26-15-16-4-13-21(31)22(14-16)34-3/h4-15,31H,1-3H3,(H,27,29,30)/b26-15+. The van der Waals surface area contributed by atoms with Crippen molar-refractivity contribution in [3.63, 3.8) is 0 Å². The van der Waals surface area contributed by atoms with Crippen molar-refractivity contribution in [2.75, 3.05) is 26.8 Å². The molecule has 0 aliphatic carbocycles. The van der Waals surface area contributed by atoms with Gasteiger partial charge in [0.15, 0.2) is 11.5 Å². The second-order valence-corrected chi connectivity index (χ2v) is 7.09. The van der Waals surface area contributed by atoms with Gasteiger partial charge in [0, 0.05) is 11.1 Å². The predicted octanol–water partition coefficient (Wildman–Crippen LogP) is 4.38. The van der Waals surface area contributed by atoms with Gasteiger partial charge in [-0.25, -0.2) is 10.4 Å². The van der Waals surface area contributed by atoms with Crippen LogP contribution in [0.3, 0.4) is 0 Å². The summed E-state index contributed by atoms with van der Waals surface area (Å²) in [4.78, 5) is 4.66. The molecule has 4 aromatic rings. The van der Waals surface area contributed by atoms with E-state index in [4.69, 9.17) is 14.2 Å². The van der Waals surface area contributed by atoms with Crippen LogP contribution in [-0.2, 0) is 0 Å². The Kier molecular flexibility index (Phi) is 6.83. The van der Waals surface area contributed by atoms with E-state index in [1.807, 2.05) is 48.5 Å². The lowest BCUT2D eigenvalue weighted by atomic mass is 10.0. The molecular formula is C25H23N5O4. The van der Waals surface area contributed by atoms with Crippen molar-refractivity contribution < 1.29 is 19.3 Å². The van der Waals surface area contributed by atoms with E-state index in [-0.39, 0.29) is 11.7 Å². The highest BCUT2D eigenvalue weighted by Crippen LogP contribution is 2.31. The van der Waals surface area contributed by atoms with Gasteiger partial charge >= 0.3 is 0 Å². The third kappa shape index (κ3) is 5.04. The van der Waals surface area contributed by atoms with Gasteiger partial charge in [-0.15, -0.1) is 10.2 Å². The molecule has 0 spiro atoms. The van der Waals surface area contributed by atoms with Crippen LogP contribution in [0.2, 0.25) is 0 Å². The van der Waals surface area contributed by atoms with Gasteiger partial charge in [-0.3, -0.25) is 0 Å². The fraction of sp³-hybridized carbons (Fsp3) is 0.120. The Labute approximate surface area is 196 Å². The van der Waals surface area contributed by atoms with Crippen LogP contribution in [-0.4, -0.2) is 47.8 Å². The van der Waals surface area contributed by atoms with Gasteiger partial charge in [0.2, 0.25) is 0 Å². The molecule has 0 aliphatic heterocycles. The summed E-state index contributed by atoms with van der Waals surface area (Å²) in [5.74, 6) is 2.12. The first-order chi connectivity index (χ1) is 16.6. The summed E-state index contributed by atoms with van der Waals surface area (Å²) in [7, 11) is 4.72. The summed E-state index contributed by atoms with van der Waals surface area (Å²) in [6, 6.07) is 20.0. The number of hydrazone groups is 1. The minimum Gasteiger partial charge on any atom is -0.504 e. The van der Waals surface area contributed by atoms with Crippen molar-refractivity contribution in [2.45, 2.75) is 0 Å². The number of aromatic hydroxyl groups is 1. The Balaban J connectivity index is 1.66. The highest BCUT2D eigenvalue weighted by atomic mass is 16.5. The molecule has 3 aromatic carbocycles. The maximum Gasteiger partial charge on any atom is 0.263 e. The molecule has 172 valence electrons. The second-order valence-electron chi connectivity index (χ2n) is 7.09. The number of hydrogen-bond acceptors (Lipinski definition) is 9. The van der Waals surface area contributed by atoms with Gasteiger partial charge in [0.25, 0.3) is 5.95 Å². The smallest absolute Gasteiger partial charge is 0.263 e. The first kappa shape index (κ1) is 22.5. The van der Waals surface area contributed by atoms with Crippen LogP contribution in [0, 0.1) is 0 Å². The number of anilines is 1. The Morgan fingerprint density at radius 1 is 0.765 bits per heavy atom.